The number of anilines is 1. The van der Waals surface area contributed by atoms with Gasteiger partial charge in [0.2, 0.25) is 0 Å². The molecule has 0 bridgehead atoms. The Morgan fingerprint density at radius 2 is 2.12 bits per heavy atom. The summed E-state index contributed by atoms with van der Waals surface area (Å²) in [6.45, 7) is 3.81. The van der Waals surface area contributed by atoms with Crippen molar-refractivity contribution < 1.29 is 9.21 Å². The van der Waals surface area contributed by atoms with Crippen LogP contribution in [0.2, 0.25) is 5.02 Å². The number of benzene rings is 1. The minimum atomic E-state index is -0.0914. The fourth-order valence-corrected chi connectivity index (χ4v) is 2.93. The van der Waals surface area contributed by atoms with Crippen LogP contribution in [-0.2, 0) is 11.3 Å². The van der Waals surface area contributed by atoms with Crippen molar-refractivity contribution >= 4 is 34.6 Å². The molecule has 1 aliphatic carbocycles. The summed E-state index contributed by atoms with van der Waals surface area (Å²) in [5, 5.41) is 4.93. The van der Waals surface area contributed by atoms with Crippen molar-refractivity contribution in [2.75, 3.05) is 4.90 Å². The molecule has 0 radical (unpaired) electrons. The van der Waals surface area contributed by atoms with Crippen LogP contribution < -0.4 is 4.90 Å². The third kappa shape index (κ3) is 2.57. The molecule has 0 N–H and O–H groups in total. The van der Waals surface area contributed by atoms with Gasteiger partial charge in [0.05, 0.1) is 16.4 Å². The third-order valence-corrected chi connectivity index (χ3v) is 4.79. The van der Waals surface area contributed by atoms with E-state index >= 15 is 0 Å². The van der Waals surface area contributed by atoms with Gasteiger partial charge in [-0.3, -0.25) is 14.4 Å². The Bertz CT molecular complexity index is 893. The molecular formula is C17H17ClN4O2. The lowest BCUT2D eigenvalue weighted by molar-refractivity contribution is -0.119. The number of rotatable bonds is 4. The Labute approximate surface area is 144 Å². The lowest BCUT2D eigenvalue weighted by Gasteiger charge is -2.18. The van der Waals surface area contributed by atoms with Crippen LogP contribution in [0, 0.1) is 13.8 Å². The second kappa shape index (κ2) is 5.63. The summed E-state index contributed by atoms with van der Waals surface area (Å²) in [6, 6.07) is 8.02. The molecule has 0 saturated heterocycles. The zero-order chi connectivity index (χ0) is 16.8. The fourth-order valence-electron chi connectivity index (χ4n) is 2.80. The van der Waals surface area contributed by atoms with E-state index in [1.165, 1.54) is 0 Å². The van der Waals surface area contributed by atoms with Gasteiger partial charge < -0.3 is 4.42 Å². The highest BCUT2D eigenvalue weighted by atomic mass is 35.5. The average molecular weight is 345 g/mol. The molecule has 3 aromatic rings. The minimum absolute atomic E-state index is 0.0914. The molecule has 0 atom stereocenters. The van der Waals surface area contributed by atoms with Crippen molar-refractivity contribution in [1.29, 1.82) is 0 Å². The van der Waals surface area contributed by atoms with Crippen LogP contribution in [0.3, 0.4) is 0 Å². The summed E-state index contributed by atoms with van der Waals surface area (Å²) >= 11 is 6.17. The molecule has 1 amide bonds. The molecule has 6 nitrogen and oxygen atoms in total. The number of fused-ring (bicyclic) bond motifs is 1. The van der Waals surface area contributed by atoms with Crippen LogP contribution in [0.5, 0.6) is 0 Å². The number of carbonyl (C=O) groups is 1. The second-order valence-corrected chi connectivity index (χ2v) is 6.48. The highest BCUT2D eigenvalue weighted by Gasteiger charge is 2.37. The average Bonchev–Trinajstić information content (AvgIpc) is 3.25. The van der Waals surface area contributed by atoms with Gasteiger partial charge in [0.1, 0.15) is 12.1 Å². The SMILES string of the molecule is Cc1nn(CC(=O)N(c2nc3ccccc3o2)C2CC2)c(C)c1Cl. The first-order chi connectivity index (χ1) is 11.5. The zero-order valence-corrected chi connectivity index (χ0v) is 14.2. The molecule has 0 unspecified atom stereocenters. The monoisotopic (exact) mass is 344 g/mol. The standard InChI is InChI=1S/C17H17ClN4O2/c1-10-16(18)11(2)21(20-10)9-15(23)22(12-7-8-12)17-19-13-5-3-4-6-14(13)24-17/h3-6,12H,7-9H2,1-2H3. The topological polar surface area (TPSA) is 64.2 Å². The van der Waals surface area contributed by atoms with Crippen molar-refractivity contribution in [2.24, 2.45) is 0 Å². The molecule has 0 spiro atoms. The largest absolute Gasteiger partial charge is 0.423 e. The molecule has 24 heavy (non-hydrogen) atoms. The lowest BCUT2D eigenvalue weighted by Crippen LogP contribution is -2.36. The summed E-state index contributed by atoms with van der Waals surface area (Å²) in [5.74, 6) is -0.0914. The van der Waals surface area contributed by atoms with Crippen molar-refractivity contribution in [3.8, 4) is 0 Å². The molecule has 1 aromatic carbocycles. The van der Waals surface area contributed by atoms with E-state index in [0.29, 0.717) is 16.6 Å². The van der Waals surface area contributed by atoms with Gasteiger partial charge in [0.15, 0.2) is 5.58 Å². The van der Waals surface area contributed by atoms with E-state index in [2.05, 4.69) is 10.1 Å². The van der Waals surface area contributed by atoms with E-state index in [9.17, 15) is 4.79 Å². The highest BCUT2D eigenvalue weighted by Crippen LogP contribution is 2.33. The Morgan fingerprint density at radius 1 is 1.38 bits per heavy atom. The molecule has 0 aliphatic heterocycles. The van der Waals surface area contributed by atoms with E-state index in [4.69, 9.17) is 16.0 Å². The number of hydrogen-bond donors (Lipinski definition) is 0. The van der Waals surface area contributed by atoms with Crippen LogP contribution in [0.15, 0.2) is 28.7 Å². The molecule has 2 aromatic heterocycles. The van der Waals surface area contributed by atoms with Crippen LogP contribution in [0.4, 0.5) is 6.01 Å². The number of aromatic nitrogens is 3. The van der Waals surface area contributed by atoms with Crippen LogP contribution in [0.1, 0.15) is 24.2 Å². The fraction of sp³-hybridized carbons (Fsp3) is 0.353. The number of hydrogen-bond acceptors (Lipinski definition) is 4. The highest BCUT2D eigenvalue weighted by molar-refractivity contribution is 6.31. The Hall–Kier alpha value is -2.34. The van der Waals surface area contributed by atoms with Crippen molar-refractivity contribution in [1.82, 2.24) is 14.8 Å². The van der Waals surface area contributed by atoms with Gasteiger partial charge in [-0.05, 0) is 38.8 Å². The first-order valence-electron chi connectivity index (χ1n) is 7.91. The van der Waals surface area contributed by atoms with Crippen LogP contribution >= 0.6 is 11.6 Å². The zero-order valence-electron chi connectivity index (χ0n) is 13.5. The minimum Gasteiger partial charge on any atom is -0.423 e. The molecule has 1 aliphatic rings. The number of nitrogens with zero attached hydrogens (tertiary/aromatic N) is 4. The van der Waals surface area contributed by atoms with Gasteiger partial charge in [0.25, 0.3) is 5.91 Å². The third-order valence-electron chi connectivity index (χ3n) is 4.25. The molecule has 1 saturated carbocycles. The predicted octanol–water partition coefficient (Wildman–Crippen LogP) is 3.49. The Morgan fingerprint density at radius 3 is 2.75 bits per heavy atom. The Kier molecular flexibility index (Phi) is 3.57. The first-order valence-corrected chi connectivity index (χ1v) is 8.29. The summed E-state index contributed by atoms with van der Waals surface area (Å²) in [6.07, 6.45) is 1.92. The molecule has 1 fully saturated rings. The number of oxazole rings is 1. The molecule has 7 heteroatoms. The smallest absolute Gasteiger partial charge is 0.305 e. The van der Waals surface area contributed by atoms with E-state index in [1.54, 1.807) is 9.58 Å². The maximum absolute atomic E-state index is 12.9. The summed E-state index contributed by atoms with van der Waals surface area (Å²) in [4.78, 5) is 19.0. The van der Waals surface area contributed by atoms with Gasteiger partial charge >= 0.3 is 6.01 Å². The van der Waals surface area contributed by atoms with E-state index in [0.717, 1.165) is 29.7 Å². The Balaban J connectivity index is 1.65. The molecule has 124 valence electrons. The van der Waals surface area contributed by atoms with Crippen molar-refractivity contribution in [3.63, 3.8) is 0 Å². The number of halogens is 1. The number of carbonyl (C=O) groups excluding carboxylic acids is 1. The number of amides is 1. The first kappa shape index (κ1) is 15.2. The van der Waals surface area contributed by atoms with E-state index in [1.807, 2.05) is 38.1 Å². The van der Waals surface area contributed by atoms with Crippen molar-refractivity contribution in [2.45, 2.75) is 39.3 Å². The quantitative estimate of drug-likeness (QED) is 0.726. The maximum atomic E-state index is 12.9. The molecule has 2 heterocycles. The van der Waals surface area contributed by atoms with Crippen LogP contribution in [0.25, 0.3) is 11.1 Å². The number of aryl methyl sites for hydroxylation is 1. The van der Waals surface area contributed by atoms with E-state index in [-0.39, 0.29) is 18.5 Å². The molecule has 4 rings (SSSR count). The number of para-hydroxylation sites is 2. The summed E-state index contributed by atoms with van der Waals surface area (Å²) < 4.78 is 7.42. The maximum Gasteiger partial charge on any atom is 0.305 e. The van der Waals surface area contributed by atoms with E-state index < -0.39 is 0 Å². The van der Waals surface area contributed by atoms with Gasteiger partial charge in [-0.1, -0.05) is 23.7 Å². The summed E-state index contributed by atoms with van der Waals surface area (Å²) in [7, 11) is 0. The van der Waals surface area contributed by atoms with Crippen LogP contribution in [-0.4, -0.2) is 26.7 Å². The van der Waals surface area contributed by atoms with Gasteiger partial charge in [-0.25, -0.2) is 0 Å². The van der Waals surface area contributed by atoms with Gasteiger partial charge in [0, 0.05) is 6.04 Å². The molecular weight excluding hydrogens is 328 g/mol. The van der Waals surface area contributed by atoms with Gasteiger partial charge in [-0.15, -0.1) is 0 Å². The van der Waals surface area contributed by atoms with Crippen molar-refractivity contribution in [3.05, 3.63) is 40.7 Å². The second-order valence-electron chi connectivity index (χ2n) is 6.10. The lowest BCUT2D eigenvalue weighted by atomic mass is 10.3. The predicted molar refractivity (Wildman–Crippen MR) is 91.2 cm³/mol. The normalized spacial score (nSPS) is 14.3. The summed E-state index contributed by atoms with van der Waals surface area (Å²) in [5.41, 5.74) is 2.94. The van der Waals surface area contributed by atoms with Gasteiger partial charge in [-0.2, -0.15) is 10.1 Å².